The molecule has 132 valence electrons. The van der Waals surface area contributed by atoms with Gasteiger partial charge < -0.3 is 10.0 Å². The number of rotatable bonds is 6. The molecule has 25 heavy (non-hydrogen) atoms. The summed E-state index contributed by atoms with van der Waals surface area (Å²) in [7, 11) is 0. The quantitative estimate of drug-likeness (QED) is 0.646. The Morgan fingerprint density at radius 1 is 1.32 bits per heavy atom. The number of carbonyl (C=O) groups excluding carboxylic acids is 2. The molecule has 2 aromatic rings. The highest BCUT2D eigenvalue weighted by Gasteiger charge is 2.34. The van der Waals surface area contributed by atoms with Crippen LogP contribution in [0, 0.1) is 0 Å². The van der Waals surface area contributed by atoms with Crippen molar-refractivity contribution >= 4 is 11.7 Å². The summed E-state index contributed by atoms with van der Waals surface area (Å²) < 4.78 is 1.63. The summed E-state index contributed by atoms with van der Waals surface area (Å²) in [5.41, 5.74) is 1.15. The van der Waals surface area contributed by atoms with Crippen molar-refractivity contribution in [1.82, 2.24) is 14.7 Å². The van der Waals surface area contributed by atoms with Crippen molar-refractivity contribution in [3.63, 3.8) is 0 Å². The minimum atomic E-state index is -0.641. The molecule has 0 spiro atoms. The van der Waals surface area contributed by atoms with Crippen LogP contribution in [0.25, 0.3) is 0 Å². The molecule has 2 unspecified atom stereocenters. The van der Waals surface area contributed by atoms with Gasteiger partial charge >= 0.3 is 0 Å². The van der Waals surface area contributed by atoms with Gasteiger partial charge in [-0.1, -0.05) is 30.3 Å². The van der Waals surface area contributed by atoms with Crippen molar-refractivity contribution in [2.75, 3.05) is 6.54 Å². The Hall–Kier alpha value is -2.47. The van der Waals surface area contributed by atoms with Gasteiger partial charge in [-0.2, -0.15) is 5.10 Å². The molecule has 1 aliphatic rings. The van der Waals surface area contributed by atoms with Crippen molar-refractivity contribution in [3.05, 3.63) is 53.9 Å². The molecule has 2 heterocycles. The number of ketones is 1. The number of nitrogens with zero attached hydrogens (tertiary/aromatic N) is 3. The second kappa shape index (κ2) is 7.61. The Bertz CT molecular complexity index is 741. The fourth-order valence-corrected chi connectivity index (χ4v) is 3.32. The third kappa shape index (κ3) is 3.79. The number of carbonyl (C=O) groups is 2. The van der Waals surface area contributed by atoms with E-state index in [0.717, 1.165) is 18.4 Å². The lowest BCUT2D eigenvalue weighted by Crippen LogP contribution is -2.40. The normalized spacial score (nSPS) is 18.3. The van der Waals surface area contributed by atoms with Gasteiger partial charge in [0.1, 0.15) is 0 Å². The van der Waals surface area contributed by atoms with Gasteiger partial charge in [0, 0.05) is 25.3 Å². The molecule has 0 bridgehead atoms. The zero-order valence-corrected chi connectivity index (χ0v) is 14.3. The smallest absolute Gasteiger partial charge is 0.295 e. The monoisotopic (exact) mass is 341 g/mol. The molecule has 1 N–H and O–H groups in total. The van der Waals surface area contributed by atoms with Gasteiger partial charge in [0.15, 0.2) is 0 Å². The minimum Gasteiger partial charge on any atom is -0.388 e. The number of aromatic nitrogens is 2. The van der Waals surface area contributed by atoms with Crippen molar-refractivity contribution in [2.45, 2.75) is 44.9 Å². The van der Waals surface area contributed by atoms with Gasteiger partial charge in [-0.15, -0.1) is 0 Å². The average molecular weight is 341 g/mol. The average Bonchev–Trinajstić information content (AvgIpc) is 3.30. The summed E-state index contributed by atoms with van der Waals surface area (Å²) in [4.78, 5) is 26.7. The topological polar surface area (TPSA) is 75.4 Å². The van der Waals surface area contributed by atoms with Gasteiger partial charge in [0.2, 0.25) is 0 Å². The molecule has 2 atom stereocenters. The van der Waals surface area contributed by atoms with Crippen LogP contribution in [0.2, 0.25) is 0 Å². The molecule has 3 rings (SSSR count). The maximum absolute atomic E-state index is 12.6. The Labute approximate surface area is 147 Å². The van der Waals surface area contributed by atoms with Gasteiger partial charge in [0.25, 0.3) is 11.7 Å². The molecule has 1 aromatic carbocycles. The number of aryl methyl sites for hydroxylation is 1. The maximum Gasteiger partial charge on any atom is 0.295 e. The van der Waals surface area contributed by atoms with E-state index in [1.807, 2.05) is 37.3 Å². The molecule has 1 amide bonds. The molecule has 6 nitrogen and oxygen atoms in total. The summed E-state index contributed by atoms with van der Waals surface area (Å²) in [6.45, 7) is 3.13. The molecule has 1 aliphatic heterocycles. The van der Waals surface area contributed by atoms with Crippen LogP contribution in [-0.2, 0) is 11.3 Å². The van der Waals surface area contributed by atoms with E-state index in [9.17, 15) is 14.7 Å². The van der Waals surface area contributed by atoms with E-state index in [2.05, 4.69) is 5.10 Å². The first-order valence-electron chi connectivity index (χ1n) is 8.71. The Balaban J connectivity index is 1.68. The summed E-state index contributed by atoms with van der Waals surface area (Å²) in [5, 5.41) is 14.5. The van der Waals surface area contributed by atoms with Crippen LogP contribution in [0.4, 0.5) is 0 Å². The van der Waals surface area contributed by atoms with Gasteiger partial charge in [0.05, 0.1) is 17.9 Å². The largest absolute Gasteiger partial charge is 0.388 e. The SMILES string of the molecule is CCn1cc(C(=O)C(=O)N2CCCC2CC(O)c2ccccc2)cn1. The van der Waals surface area contributed by atoms with E-state index in [1.54, 1.807) is 15.8 Å². The van der Waals surface area contributed by atoms with Crippen LogP contribution < -0.4 is 0 Å². The Morgan fingerprint density at radius 2 is 2.08 bits per heavy atom. The Kier molecular flexibility index (Phi) is 5.28. The number of benzene rings is 1. The highest BCUT2D eigenvalue weighted by atomic mass is 16.3. The zero-order valence-electron chi connectivity index (χ0n) is 14.3. The van der Waals surface area contributed by atoms with Crippen LogP contribution in [0.3, 0.4) is 0 Å². The molecule has 1 aromatic heterocycles. The van der Waals surface area contributed by atoms with E-state index in [0.29, 0.717) is 25.1 Å². The molecule has 6 heteroatoms. The first-order valence-corrected chi connectivity index (χ1v) is 8.71. The molecule has 0 aliphatic carbocycles. The lowest BCUT2D eigenvalue weighted by Gasteiger charge is -2.26. The highest BCUT2D eigenvalue weighted by Crippen LogP contribution is 2.27. The fraction of sp³-hybridized carbons (Fsp3) is 0.421. The Morgan fingerprint density at radius 3 is 2.76 bits per heavy atom. The number of hydrogen-bond acceptors (Lipinski definition) is 4. The van der Waals surface area contributed by atoms with Crippen LogP contribution in [0.1, 0.15) is 48.2 Å². The number of hydrogen-bond donors (Lipinski definition) is 1. The molecule has 1 fully saturated rings. The third-order valence-corrected chi connectivity index (χ3v) is 4.73. The van der Waals surface area contributed by atoms with E-state index in [1.165, 1.54) is 6.20 Å². The summed E-state index contributed by atoms with van der Waals surface area (Å²) in [6.07, 6.45) is 4.49. The minimum absolute atomic E-state index is 0.118. The number of amides is 1. The first-order chi connectivity index (χ1) is 12.1. The standard InChI is InChI=1S/C19H23N3O3/c1-2-21-13-15(12-20-21)18(24)19(25)22-10-6-9-16(22)11-17(23)14-7-4-3-5-8-14/h3-5,7-8,12-13,16-17,23H,2,6,9-11H2,1H3. The molecule has 1 saturated heterocycles. The summed E-state index contributed by atoms with van der Waals surface area (Å²) >= 11 is 0. The second-order valence-electron chi connectivity index (χ2n) is 6.37. The number of Topliss-reactive ketones (excluding diaryl/α,β-unsaturated/α-hetero) is 1. The van der Waals surface area contributed by atoms with Crippen LogP contribution in [-0.4, -0.2) is 44.1 Å². The maximum atomic E-state index is 12.6. The van der Waals surface area contributed by atoms with Crippen LogP contribution in [0.15, 0.2) is 42.7 Å². The first kappa shape index (κ1) is 17.4. The predicted molar refractivity (Wildman–Crippen MR) is 93.0 cm³/mol. The van der Waals surface area contributed by atoms with Crippen molar-refractivity contribution < 1.29 is 14.7 Å². The van der Waals surface area contributed by atoms with Crippen molar-refractivity contribution in [3.8, 4) is 0 Å². The van der Waals surface area contributed by atoms with E-state index >= 15 is 0 Å². The summed E-state index contributed by atoms with van der Waals surface area (Å²) in [5.74, 6) is -1.03. The van der Waals surface area contributed by atoms with Crippen LogP contribution in [0.5, 0.6) is 0 Å². The highest BCUT2D eigenvalue weighted by molar-refractivity contribution is 6.42. The zero-order chi connectivity index (χ0) is 17.8. The van der Waals surface area contributed by atoms with E-state index < -0.39 is 17.8 Å². The summed E-state index contributed by atoms with van der Waals surface area (Å²) in [6, 6.07) is 9.28. The molecular formula is C19H23N3O3. The third-order valence-electron chi connectivity index (χ3n) is 4.73. The molecule has 0 saturated carbocycles. The van der Waals surface area contributed by atoms with E-state index in [4.69, 9.17) is 0 Å². The molecule has 0 radical (unpaired) electrons. The fourth-order valence-electron chi connectivity index (χ4n) is 3.32. The number of aliphatic hydroxyl groups is 1. The van der Waals surface area contributed by atoms with Crippen LogP contribution >= 0.6 is 0 Å². The van der Waals surface area contributed by atoms with E-state index in [-0.39, 0.29) is 6.04 Å². The lowest BCUT2D eigenvalue weighted by molar-refractivity contribution is -0.127. The van der Waals surface area contributed by atoms with Gasteiger partial charge in [-0.25, -0.2) is 0 Å². The van der Waals surface area contributed by atoms with Crippen molar-refractivity contribution in [1.29, 1.82) is 0 Å². The molecular weight excluding hydrogens is 318 g/mol. The number of aliphatic hydroxyl groups excluding tert-OH is 1. The lowest BCUT2D eigenvalue weighted by atomic mass is 10.0. The predicted octanol–water partition coefficient (Wildman–Crippen LogP) is 2.20. The van der Waals surface area contributed by atoms with Gasteiger partial charge in [-0.3, -0.25) is 14.3 Å². The second-order valence-corrected chi connectivity index (χ2v) is 6.37. The van der Waals surface area contributed by atoms with Gasteiger partial charge in [-0.05, 0) is 31.7 Å². The van der Waals surface area contributed by atoms with Crippen molar-refractivity contribution in [2.24, 2.45) is 0 Å². The number of likely N-dealkylation sites (tertiary alicyclic amines) is 1.